The van der Waals surface area contributed by atoms with Gasteiger partial charge in [-0.25, -0.2) is 9.97 Å². The molecule has 0 unspecified atom stereocenters. The second kappa shape index (κ2) is 9.10. The fourth-order valence-corrected chi connectivity index (χ4v) is 4.45. The van der Waals surface area contributed by atoms with Gasteiger partial charge in [-0.1, -0.05) is 19.4 Å². The molecule has 0 radical (unpaired) electrons. The average Bonchev–Trinajstić information content (AvgIpc) is 3.20. The molecule has 1 aromatic carbocycles. The van der Waals surface area contributed by atoms with Gasteiger partial charge < -0.3 is 14.6 Å². The molecule has 33 heavy (non-hydrogen) atoms. The lowest BCUT2D eigenvalue weighted by atomic mass is 10.1. The minimum atomic E-state index is -0.104. The highest BCUT2D eigenvalue weighted by molar-refractivity contribution is 5.82. The molecule has 7 nitrogen and oxygen atoms in total. The van der Waals surface area contributed by atoms with Crippen molar-refractivity contribution in [3.05, 3.63) is 76.6 Å². The molecule has 1 saturated heterocycles. The maximum Gasteiger partial charge on any atom is 0.258 e. The highest BCUT2D eigenvalue weighted by Gasteiger charge is 2.22. The Morgan fingerprint density at radius 1 is 1.09 bits per heavy atom. The van der Waals surface area contributed by atoms with E-state index in [2.05, 4.69) is 32.8 Å². The Hall–Kier alpha value is -3.61. The van der Waals surface area contributed by atoms with Gasteiger partial charge in [0.05, 0.1) is 5.69 Å². The quantitative estimate of drug-likeness (QED) is 0.477. The fraction of sp³-hybridized carbons (Fsp3) is 0.346. The third kappa shape index (κ3) is 4.62. The van der Waals surface area contributed by atoms with Crippen molar-refractivity contribution in [2.75, 3.05) is 18.0 Å². The molecule has 4 heterocycles. The summed E-state index contributed by atoms with van der Waals surface area (Å²) in [6.45, 7) is 5.86. The van der Waals surface area contributed by atoms with Gasteiger partial charge in [0.1, 0.15) is 11.9 Å². The van der Waals surface area contributed by atoms with Crippen LogP contribution >= 0.6 is 0 Å². The largest absolute Gasteiger partial charge is 0.490 e. The van der Waals surface area contributed by atoms with Gasteiger partial charge in [-0.2, -0.15) is 0 Å². The summed E-state index contributed by atoms with van der Waals surface area (Å²) in [7, 11) is 0. The molecule has 0 spiro atoms. The summed E-state index contributed by atoms with van der Waals surface area (Å²) in [6.07, 6.45) is 9.56. The maximum atomic E-state index is 12.8. The predicted molar refractivity (Wildman–Crippen MR) is 131 cm³/mol. The van der Waals surface area contributed by atoms with E-state index in [0.29, 0.717) is 5.75 Å². The fourth-order valence-electron chi connectivity index (χ4n) is 4.45. The van der Waals surface area contributed by atoms with Crippen molar-refractivity contribution in [2.45, 2.75) is 45.6 Å². The van der Waals surface area contributed by atoms with Crippen molar-refractivity contribution >= 4 is 16.9 Å². The number of hydrogen-bond donors (Lipinski definition) is 1. The number of fused-ring (bicyclic) bond motifs is 1. The van der Waals surface area contributed by atoms with Gasteiger partial charge in [0.15, 0.2) is 0 Å². The van der Waals surface area contributed by atoms with E-state index in [-0.39, 0.29) is 11.7 Å². The van der Waals surface area contributed by atoms with Crippen molar-refractivity contribution in [1.82, 2.24) is 19.5 Å². The summed E-state index contributed by atoms with van der Waals surface area (Å²) in [5.41, 5.74) is 4.03. The zero-order valence-corrected chi connectivity index (χ0v) is 19.1. The van der Waals surface area contributed by atoms with Gasteiger partial charge in [-0.15, -0.1) is 0 Å². The van der Waals surface area contributed by atoms with Crippen LogP contribution in [-0.2, 0) is 6.42 Å². The molecule has 0 aliphatic carbocycles. The molecule has 5 rings (SSSR count). The highest BCUT2D eigenvalue weighted by Crippen LogP contribution is 2.22. The molecule has 1 fully saturated rings. The molecule has 1 N–H and O–H groups in total. The second-order valence-electron chi connectivity index (χ2n) is 8.74. The molecule has 1 aliphatic heterocycles. The van der Waals surface area contributed by atoms with E-state index in [0.717, 1.165) is 67.0 Å². The van der Waals surface area contributed by atoms with Crippen molar-refractivity contribution in [3.63, 3.8) is 0 Å². The number of H-pyrrole nitrogens is 1. The molecule has 170 valence electrons. The molecular formula is C26H29N5O2. The van der Waals surface area contributed by atoms with Crippen LogP contribution in [0.1, 0.15) is 37.4 Å². The lowest BCUT2D eigenvalue weighted by Gasteiger charge is -2.32. The third-order valence-electron chi connectivity index (χ3n) is 6.17. The number of pyridine rings is 1. The first-order chi connectivity index (χ1) is 16.1. The number of anilines is 1. The standard InChI is InChI=1S/C26H29N5O2/c1-3-4-19-16-27-26(28-17-19)30-10-7-22(8-11-30)33-23-9-12-31(25(32)15-23)21-6-5-20-13-18(2)29-24(20)14-21/h5-6,9,12-17,22,29H,3-4,7-8,10-11H2,1-2H3. The first-order valence-electron chi connectivity index (χ1n) is 11.6. The van der Waals surface area contributed by atoms with E-state index in [4.69, 9.17) is 4.74 Å². The van der Waals surface area contributed by atoms with Gasteiger partial charge in [-0.3, -0.25) is 9.36 Å². The second-order valence-corrected chi connectivity index (χ2v) is 8.74. The number of aryl methyl sites for hydroxylation is 2. The lowest BCUT2D eigenvalue weighted by Crippen LogP contribution is -2.39. The average molecular weight is 444 g/mol. The summed E-state index contributed by atoms with van der Waals surface area (Å²) >= 11 is 0. The minimum Gasteiger partial charge on any atom is -0.490 e. The number of aromatic nitrogens is 4. The van der Waals surface area contributed by atoms with Gasteiger partial charge >= 0.3 is 0 Å². The van der Waals surface area contributed by atoms with E-state index >= 15 is 0 Å². The van der Waals surface area contributed by atoms with Gasteiger partial charge in [0.2, 0.25) is 5.95 Å². The maximum absolute atomic E-state index is 12.8. The number of nitrogens with zero attached hydrogens (tertiary/aromatic N) is 4. The van der Waals surface area contributed by atoms with Crippen LogP contribution in [0, 0.1) is 6.92 Å². The van der Waals surface area contributed by atoms with Crippen molar-refractivity contribution < 1.29 is 4.74 Å². The van der Waals surface area contributed by atoms with Crippen LogP contribution in [0.5, 0.6) is 5.75 Å². The molecule has 7 heteroatoms. The monoisotopic (exact) mass is 443 g/mol. The van der Waals surface area contributed by atoms with Crippen LogP contribution in [-0.4, -0.2) is 38.7 Å². The zero-order valence-electron chi connectivity index (χ0n) is 19.1. The number of aromatic amines is 1. The van der Waals surface area contributed by atoms with E-state index in [1.165, 1.54) is 5.56 Å². The number of ether oxygens (including phenoxy) is 1. The van der Waals surface area contributed by atoms with E-state index in [1.807, 2.05) is 43.6 Å². The van der Waals surface area contributed by atoms with E-state index in [9.17, 15) is 4.79 Å². The Balaban J connectivity index is 1.22. The third-order valence-corrected chi connectivity index (χ3v) is 6.17. The SMILES string of the molecule is CCCc1cnc(N2CCC(Oc3ccn(-c4ccc5cc(C)[nH]c5c4)c(=O)c3)CC2)nc1. The summed E-state index contributed by atoms with van der Waals surface area (Å²) in [5, 5.41) is 1.14. The van der Waals surface area contributed by atoms with Crippen LogP contribution < -0.4 is 15.2 Å². The van der Waals surface area contributed by atoms with Gasteiger partial charge in [0.25, 0.3) is 5.56 Å². The Labute approximate surface area is 193 Å². The lowest BCUT2D eigenvalue weighted by molar-refractivity contribution is 0.170. The van der Waals surface area contributed by atoms with Crippen LogP contribution in [0.25, 0.3) is 16.6 Å². The smallest absolute Gasteiger partial charge is 0.258 e. The first kappa shape index (κ1) is 21.2. The minimum absolute atomic E-state index is 0.0779. The van der Waals surface area contributed by atoms with Crippen LogP contribution in [0.3, 0.4) is 0 Å². The van der Waals surface area contributed by atoms with Crippen molar-refractivity contribution in [3.8, 4) is 11.4 Å². The molecule has 0 bridgehead atoms. The molecule has 0 saturated carbocycles. The molecule has 4 aromatic rings. The Morgan fingerprint density at radius 2 is 1.88 bits per heavy atom. The first-order valence-corrected chi connectivity index (χ1v) is 11.6. The summed E-state index contributed by atoms with van der Waals surface area (Å²) in [5.74, 6) is 1.40. The molecule has 0 amide bonds. The van der Waals surface area contributed by atoms with Crippen molar-refractivity contribution in [1.29, 1.82) is 0 Å². The summed E-state index contributed by atoms with van der Waals surface area (Å²) in [4.78, 5) is 27.4. The van der Waals surface area contributed by atoms with E-state index in [1.54, 1.807) is 16.8 Å². The summed E-state index contributed by atoms with van der Waals surface area (Å²) < 4.78 is 7.79. The Bertz CT molecular complexity index is 1300. The molecule has 1 aliphatic rings. The number of nitrogens with one attached hydrogen (secondary N) is 1. The Kier molecular flexibility index (Phi) is 5.86. The molecular weight excluding hydrogens is 414 g/mol. The van der Waals surface area contributed by atoms with Crippen LogP contribution in [0.2, 0.25) is 0 Å². The number of benzene rings is 1. The Morgan fingerprint density at radius 3 is 2.61 bits per heavy atom. The molecule has 3 aromatic heterocycles. The van der Waals surface area contributed by atoms with Crippen LogP contribution in [0.15, 0.2) is 59.8 Å². The number of piperidine rings is 1. The predicted octanol–water partition coefficient (Wildman–Crippen LogP) is 4.42. The summed E-state index contributed by atoms with van der Waals surface area (Å²) in [6, 6.07) is 11.5. The normalized spacial score (nSPS) is 14.7. The highest BCUT2D eigenvalue weighted by atomic mass is 16.5. The number of hydrogen-bond acceptors (Lipinski definition) is 5. The van der Waals surface area contributed by atoms with Crippen molar-refractivity contribution in [2.24, 2.45) is 0 Å². The van der Waals surface area contributed by atoms with Gasteiger partial charge in [0, 0.05) is 61.8 Å². The number of rotatable bonds is 6. The topological polar surface area (TPSA) is 76.0 Å². The molecule has 0 atom stereocenters. The zero-order chi connectivity index (χ0) is 22.8. The van der Waals surface area contributed by atoms with Crippen LogP contribution in [0.4, 0.5) is 5.95 Å². The van der Waals surface area contributed by atoms with E-state index < -0.39 is 0 Å². The van der Waals surface area contributed by atoms with Gasteiger partial charge in [-0.05, 0) is 48.6 Å².